The van der Waals surface area contributed by atoms with Crippen molar-refractivity contribution in [3.8, 4) is 0 Å². The summed E-state index contributed by atoms with van der Waals surface area (Å²) in [5, 5.41) is 0. The number of carbonyl (C=O) groups is 2. The van der Waals surface area contributed by atoms with Gasteiger partial charge in [-0.05, 0) is 25.8 Å². The van der Waals surface area contributed by atoms with Gasteiger partial charge in [-0.3, -0.25) is 0 Å². The highest BCUT2D eigenvalue weighted by Crippen LogP contribution is 2.07. The standard InChI is InChI=1S/C15H18O4.C2H6/c1-3-18-14(16)13(15(17)19-4-2)11-10-12-8-6-5-7-9-12;1-2/h5-9,11H,3-4,10H2,1-2H3;1-2H3. The lowest BCUT2D eigenvalue weighted by Crippen LogP contribution is -2.18. The van der Waals surface area contributed by atoms with Crippen LogP contribution in [0.1, 0.15) is 33.3 Å². The highest BCUT2D eigenvalue weighted by atomic mass is 16.6. The number of allylic oxidation sites excluding steroid dienone is 1. The molecule has 4 heteroatoms. The number of carbonyl (C=O) groups excluding carboxylic acids is 2. The molecular formula is C17H24O4. The van der Waals surface area contributed by atoms with Gasteiger partial charge in [0.15, 0.2) is 0 Å². The summed E-state index contributed by atoms with van der Waals surface area (Å²) in [4.78, 5) is 23.4. The minimum Gasteiger partial charge on any atom is -0.462 e. The zero-order chi connectivity index (χ0) is 16.1. The Kier molecular flexibility index (Phi) is 10.5. The fourth-order valence-electron chi connectivity index (χ4n) is 1.50. The molecule has 116 valence electrons. The average Bonchev–Trinajstić information content (AvgIpc) is 2.51. The summed E-state index contributed by atoms with van der Waals surface area (Å²) in [5.74, 6) is -1.28. The predicted molar refractivity (Wildman–Crippen MR) is 82.8 cm³/mol. The first kappa shape index (κ1) is 18.9. The molecule has 0 aromatic heterocycles. The van der Waals surface area contributed by atoms with Gasteiger partial charge in [0.25, 0.3) is 0 Å². The Balaban J connectivity index is 0.00000191. The molecule has 1 aromatic rings. The van der Waals surface area contributed by atoms with Crippen LogP contribution in [0, 0.1) is 0 Å². The van der Waals surface area contributed by atoms with Crippen molar-refractivity contribution in [3.63, 3.8) is 0 Å². The van der Waals surface area contributed by atoms with Crippen molar-refractivity contribution in [2.45, 2.75) is 34.1 Å². The van der Waals surface area contributed by atoms with Crippen LogP contribution in [0.3, 0.4) is 0 Å². The third-order valence-electron chi connectivity index (χ3n) is 2.38. The number of rotatable bonds is 6. The molecule has 0 N–H and O–H groups in total. The summed E-state index contributed by atoms with van der Waals surface area (Å²) >= 11 is 0. The van der Waals surface area contributed by atoms with Crippen molar-refractivity contribution in [3.05, 3.63) is 47.5 Å². The fourth-order valence-corrected chi connectivity index (χ4v) is 1.50. The molecule has 0 spiro atoms. The predicted octanol–water partition coefficient (Wildman–Crippen LogP) is 3.31. The second-order valence-corrected chi connectivity index (χ2v) is 3.75. The molecule has 0 radical (unpaired) electrons. The van der Waals surface area contributed by atoms with E-state index in [0.29, 0.717) is 6.42 Å². The Morgan fingerprint density at radius 2 is 1.43 bits per heavy atom. The zero-order valence-corrected chi connectivity index (χ0v) is 13.2. The van der Waals surface area contributed by atoms with Gasteiger partial charge in [-0.15, -0.1) is 0 Å². The maximum atomic E-state index is 11.7. The van der Waals surface area contributed by atoms with Crippen LogP contribution >= 0.6 is 0 Å². The minimum absolute atomic E-state index is 0.0486. The minimum atomic E-state index is -0.642. The van der Waals surface area contributed by atoms with E-state index in [0.717, 1.165) is 5.56 Å². The molecule has 0 aliphatic carbocycles. The molecule has 0 atom stereocenters. The van der Waals surface area contributed by atoms with Crippen molar-refractivity contribution in [1.29, 1.82) is 0 Å². The van der Waals surface area contributed by atoms with E-state index in [-0.39, 0.29) is 18.8 Å². The average molecular weight is 292 g/mol. The molecule has 0 aliphatic rings. The maximum Gasteiger partial charge on any atom is 0.345 e. The zero-order valence-electron chi connectivity index (χ0n) is 13.2. The topological polar surface area (TPSA) is 52.6 Å². The van der Waals surface area contributed by atoms with Crippen LogP contribution in [-0.4, -0.2) is 25.2 Å². The van der Waals surface area contributed by atoms with Gasteiger partial charge in [0.05, 0.1) is 13.2 Å². The summed E-state index contributed by atoms with van der Waals surface area (Å²) in [6, 6.07) is 9.55. The molecule has 0 aliphatic heterocycles. The summed E-state index contributed by atoms with van der Waals surface area (Å²) in [6.45, 7) is 7.83. The van der Waals surface area contributed by atoms with E-state index in [1.165, 1.54) is 0 Å². The van der Waals surface area contributed by atoms with E-state index >= 15 is 0 Å². The maximum absolute atomic E-state index is 11.7. The third kappa shape index (κ3) is 7.30. The molecule has 21 heavy (non-hydrogen) atoms. The Hall–Kier alpha value is -2.10. The number of esters is 2. The first-order chi connectivity index (χ1) is 10.2. The molecule has 4 nitrogen and oxygen atoms in total. The molecule has 0 saturated heterocycles. The van der Waals surface area contributed by atoms with Crippen molar-refractivity contribution in [2.75, 3.05) is 13.2 Å². The van der Waals surface area contributed by atoms with E-state index in [2.05, 4.69) is 0 Å². The van der Waals surface area contributed by atoms with E-state index in [1.54, 1.807) is 19.9 Å². The fraction of sp³-hybridized carbons (Fsp3) is 0.412. The summed E-state index contributed by atoms with van der Waals surface area (Å²) in [7, 11) is 0. The monoisotopic (exact) mass is 292 g/mol. The van der Waals surface area contributed by atoms with Gasteiger partial charge < -0.3 is 9.47 Å². The van der Waals surface area contributed by atoms with Crippen LogP contribution in [-0.2, 0) is 25.5 Å². The van der Waals surface area contributed by atoms with E-state index < -0.39 is 11.9 Å². The Morgan fingerprint density at radius 1 is 0.952 bits per heavy atom. The van der Waals surface area contributed by atoms with E-state index in [9.17, 15) is 9.59 Å². The lowest BCUT2D eigenvalue weighted by Gasteiger charge is -2.06. The Morgan fingerprint density at radius 3 is 1.86 bits per heavy atom. The van der Waals surface area contributed by atoms with Crippen molar-refractivity contribution in [2.24, 2.45) is 0 Å². The van der Waals surface area contributed by atoms with Crippen LogP contribution in [0.25, 0.3) is 0 Å². The Bertz CT molecular complexity index is 429. The third-order valence-corrected chi connectivity index (χ3v) is 2.38. The van der Waals surface area contributed by atoms with Crippen molar-refractivity contribution >= 4 is 11.9 Å². The lowest BCUT2D eigenvalue weighted by atomic mass is 10.1. The Labute approximate surface area is 126 Å². The summed E-state index contributed by atoms with van der Waals surface area (Å²) in [6.07, 6.45) is 2.03. The number of hydrogen-bond donors (Lipinski definition) is 0. The normalized spacial score (nSPS) is 8.95. The first-order valence-electron chi connectivity index (χ1n) is 7.27. The molecule has 0 fully saturated rings. The van der Waals surface area contributed by atoms with Crippen molar-refractivity contribution < 1.29 is 19.1 Å². The largest absolute Gasteiger partial charge is 0.462 e. The summed E-state index contributed by atoms with van der Waals surface area (Å²) in [5.41, 5.74) is 0.959. The molecule has 0 unspecified atom stereocenters. The van der Waals surface area contributed by atoms with E-state index in [1.807, 2.05) is 44.2 Å². The molecule has 0 heterocycles. The first-order valence-corrected chi connectivity index (χ1v) is 7.27. The highest BCUT2D eigenvalue weighted by Gasteiger charge is 2.20. The second kappa shape index (κ2) is 11.7. The van der Waals surface area contributed by atoms with Crippen LogP contribution in [0.15, 0.2) is 42.0 Å². The smallest absolute Gasteiger partial charge is 0.345 e. The van der Waals surface area contributed by atoms with Crippen LogP contribution in [0.4, 0.5) is 0 Å². The molecule has 0 saturated carbocycles. The van der Waals surface area contributed by atoms with E-state index in [4.69, 9.17) is 9.47 Å². The van der Waals surface area contributed by atoms with Crippen LogP contribution in [0.2, 0.25) is 0 Å². The van der Waals surface area contributed by atoms with Crippen molar-refractivity contribution in [1.82, 2.24) is 0 Å². The number of benzene rings is 1. The SMILES string of the molecule is CC.CCOC(=O)C(=CCc1ccccc1)C(=O)OCC. The molecule has 0 bridgehead atoms. The molecule has 1 rings (SSSR count). The molecule has 1 aromatic carbocycles. The molecule has 0 amide bonds. The second-order valence-electron chi connectivity index (χ2n) is 3.75. The van der Waals surface area contributed by atoms with Gasteiger partial charge in [0.1, 0.15) is 5.57 Å². The quantitative estimate of drug-likeness (QED) is 0.349. The van der Waals surface area contributed by atoms with Gasteiger partial charge in [-0.25, -0.2) is 9.59 Å². The van der Waals surface area contributed by atoms with Crippen LogP contribution in [0.5, 0.6) is 0 Å². The lowest BCUT2D eigenvalue weighted by molar-refractivity contribution is -0.146. The van der Waals surface area contributed by atoms with Crippen LogP contribution < -0.4 is 0 Å². The summed E-state index contributed by atoms with van der Waals surface area (Å²) < 4.78 is 9.70. The number of ether oxygens (including phenoxy) is 2. The van der Waals surface area contributed by atoms with Gasteiger partial charge in [-0.1, -0.05) is 50.3 Å². The van der Waals surface area contributed by atoms with Gasteiger partial charge in [0.2, 0.25) is 0 Å². The van der Waals surface area contributed by atoms with Gasteiger partial charge in [-0.2, -0.15) is 0 Å². The van der Waals surface area contributed by atoms with Gasteiger partial charge >= 0.3 is 11.9 Å². The molecular weight excluding hydrogens is 268 g/mol. The highest BCUT2D eigenvalue weighted by molar-refractivity contribution is 6.14. The number of hydrogen-bond acceptors (Lipinski definition) is 4. The van der Waals surface area contributed by atoms with Gasteiger partial charge in [0, 0.05) is 0 Å².